The van der Waals surface area contributed by atoms with E-state index in [9.17, 15) is 13.2 Å². The Bertz CT molecular complexity index is 933. The van der Waals surface area contributed by atoms with Crippen molar-refractivity contribution in [1.29, 1.82) is 0 Å². The largest absolute Gasteiger partial charge is 0.338 e. The second-order valence-corrected chi connectivity index (χ2v) is 9.27. The molecule has 26 heavy (non-hydrogen) atoms. The topological polar surface area (TPSA) is 85.4 Å². The number of benzene rings is 1. The summed E-state index contributed by atoms with van der Waals surface area (Å²) in [5.41, 5.74) is 7.52. The molecule has 2 N–H and O–H groups in total. The van der Waals surface area contributed by atoms with Gasteiger partial charge in [0.1, 0.15) is 0 Å². The van der Waals surface area contributed by atoms with Crippen molar-refractivity contribution >= 4 is 15.9 Å². The van der Waals surface area contributed by atoms with E-state index in [0.29, 0.717) is 30.5 Å². The van der Waals surface area contributed by atoms with E-state index in [1.807, 2.05) is 11.8 Å². The van der Waals surface area contributed by atoms with Gasteiger partial charge in [0.05, 0.1) is 10.5 Å². The van der Waals surface area contributed by atoms with Crippen molar-refractivity contribution in [2.45, 2.75) is 30.7 Å². The summed E-state index contributed by atoms with van der Waals surface area (Å²) in [7, 11) is -3.69. The average Bonchev–Trinajstić information content (AvgIpc) is 3.32. The molecule has 1 aliphatic heterocycles. The van der Waals surface area contributed by atoms with Crippen LogP contribution in [0.1, 0.15) is 28.8 Å². The van der Waals surface area contributed by atoms with Gasteiger partial charge >= 0.3 is 0 Å². The molecule has 1 saturated heterocycles. The lowest BCUT2D eigenvalue weighted by atomic mass is 9.98. The second-order valence-electron chi connectivity index (χ2n) is 7.42. The molecule has 3 unspecified atom stereocenters. The summed E-state index contributed by atoms with van der Waals surface area (Å²) >= 11 is 0. The van der Waals surface area contributed by atoms with E-state index in [0.717, 1.165) is 22.4 Å². The molecule has 0 radical (unpaired) electrons. The molecule has 6 nitrogen and oxygen atoms in total. The summed E-state index contributed by atoms with van der Waals surface area (Å²) in [4.78, 5) is 14.8. The molecule has 2 aliphatic rings. The van der Waals surface area contributed by atoms with Gasteiger partial charge in [-0.05, 0) is 49.8 Å². The highest BCUT2D eigenvalue weighted by molar-refractivity contribution is 7.90. The Morgan fingerprint density at radius 2 is 1.85 bits per heavy atom. The number of hydrogen-bond acceptors (Lipinski definition) is 4. The normalized spacial score (nSPS) is 25.5. The standard InChI is InChI=1S/C19H23N3O3S/c1-13-2-5-16(6-3-13)26(24,25)22-9-8-15(11-22)19(23)21-10-14-4-7-18(20)17(14)12-21/h2-3,5-6,8-9,11,14,17-18H,4,7,10,12,20H2,1H3. The summed E-state index contributed by atoms with van der Waals surface area (Å²) in [5, 5.41) is 0. The first-order valence-corrected chi connectivity index (χ1v) is 10.4. The molecular formula is C19H23N3O3S. The molecule has 1 saturated carbocycles. The molecule has 1 amide bonds. The van der Waals surface area contributed by atoms with Crippen LogP contribution >= 0.6 is 0 Å². The lowest BCUT2D eigenvalue weighted by Crippen LogP contribution is -2.33. The maximum atomic E-state index is 12.8. The van der Waals surface area contributed by atoms with Crippen molar-refractivity contribution in [2.75, 3.05) is 13.1 Å². The van der Waals surface area contributed by atoms with Crippen LogP contribution in [0.15, 0.2) is 47.6 Å². The smallest absolute Gasteiger partial charge is 0.267 e. The highest BCUT2D eigenvalue weighted by Crippen LogP contribution is 2.37. The van der Waals surface area contributed by atoms with Crippen molar-refractivity contribution in [1.82, 2.24) is 8.87 Å². The van der Waals surface area contributed by atoms with E-state index in [1.54, 1.807) is 30.3 Å². The van der Waals surface area contributed by atoms with Gasteiger partial charge in [0.2, 0.25) is 0 Å². The number of hydrogen-bond donors (Lipinski definition) is 1. The zero-order chi connectivity index (χ0) is 18.5. The van der Waals surface area contributed by atoms with Gasteiger partial charge in [0.25, 0.3) is 15.9 Å². The van der Waals surface area contributed by atoms with E-state index in [4.69, 9.17) is 5.73 Å². The summed E-state index contributed by atoms with van der Waals surface area (Å²) in [5.74, 6) is 0.731. The van der Waals surface area contributed by atoms with Crippen molar-refractivity contribution in [3.8, 4) is 0 Å². The summed E-state index contributed by atoms with van der Waals surface area (Å²) < 4.78 is 26.6. The van der Waals surface area contributed by atoms with Crippen LogP contribution in [0, 0.1) is 18.8 Å². The van der Waals surface area contributed by atoms with Crippen LogP contribution < -0.4 is 5.73 Å². The molecule has 1 aromatic heterocycles. The van der Waals surface area contributed by atoms with E-state index < -0.39 is 10.0 Å². The maximum Gasteiger partial charge on any atom is 0.267 e. The first-order chi connectivity index (χ1) is 12.4. The van der Waals surface area contributed by atoms with E-state index >= 15 is 0 Å². The van der Waals surface area contributed by atoms with Crippen molar-refractivity contribution < 1.29 is 13.2 Å². The lowest BCUT2D eigenvalue weighted by molar-refractivity contribution is 0.0780. The number of carbonyl (C=O) groups is 1. The van der Waals surface area contributed by atoms with Gasteiger partial charge in [-0.1, -0.05) is 17.7 Å². The highest BCUT2D eigenvalue weighted by Gasteiger charge is 2.42. The zero-order valence-electron chi connectivity index (χ0n) is 14.7. The number of aromatic nitrogens is 1. The second kappa shape index (κ2) is 6.25. The van der Waals surface area contributed by atoms with Gasteiger partial charge in [0, 0.05) is 31.5 Å². The molecule has 3 atom stereocenters. The van der Waals surface area contributed by atoms with Crippen LogP contribution in [-0.2, 0) is 10.0 Å². The minimum absolute atomic E-state index is 0.121. The Morgan fingerprint density at radius 1 is 1.12 bits per heavy atom. The summed E-state index contributed by atoms with van der Waals surface area (Å²) in [6.45, 7) is 3.29. The summed E-state index contributed by atoms with van der Waals surface area (Å²) in [6, 6.07) is 8.42. The molecule has 1 aromatic carbocycles. The predicted octanol–water partition coefficient (Wildman–Crippen LogP) is 1.84. The first kappa shape index (κ1) is 17.3. The van der Waals surface area contributed by atoms with Gasteiger partial charge in [0.15, 0.2) is 0 Å². The number of nitrogens with two attached hydrogens (primary N) is 1. The number of likely N-dealkylation sites (tertiary alicyclic amines) is 1. The predicted molar refractivity (Wildman–Crippen MR) is 98.3 cm³/mol. The lowest BCUT2D eigenvalue weighted by Gasteiger charge is -2.18. The quantitative estimate of drug-likeness (QED) is 0.890. The Hall–Kier alpha value is -2.12. The average molecular weight is 373 g/mol. The van der Waals surface area contributed by atoms with E-state index in [1.165, 1.54) is 12.4 Å². The van der Waals surface area contributed by atoms with Crippen LogP contribution in [0.5, 0.6) is 0 Å². The monoisotopic (exact) mass is 373 g/mol. The number of fused-ring (bicyclic) bond motifs is 1. The third-order valence-corrected chi connectivity index (χ3v) is 7.36. The van der Waals surface area contributed by atoms with Gasteiger partial charge in [-0.15, -0.1) is 0 Å². The number of aryl methyl sites for hydroxylation is 1. The minimum Gasteiger partial charge on any atom is -0.338 e. The molecule has 0 spiro atoms. The van der Waals surface area contributed by atoms with E-state index in [2.05, 4.69) is 0 Å². The molecule has 2 aromatic rings. The summed E-state index contributed by atoms with van der Waals surface area (Å²) in [6.07, 6.45) is 4.94. The van der Waals surface area contributed by atoms with Crippen LogP contribution in [0.4, 0.5) is 0 Å². The maximum absolute atomic E-state index is 12.8. The molecule has 2 fully saturated rings. The van der Waals surface area contributed by atoms with Crippen LogP contribution in [0.25, 0.3) is 0 Å². The molecule has 2 heterocycles. The number of carbonyl (C=O) groups excluding carboxylic acids is 1. The number of rotatable bonds is 3. The molecule has 1 aliphatic carbocycles. The Morgan fingerprint density at radius 3 is 2.54 bits per heavy atom. The van der Waals surface area contributed by atoms with Crippen molar-refractivity contribution in [3.05, 3.63) is 53.9 Å². The highest BCUT2D eigenvalue weighted by atomic mass is 32.2. The Kier molecular flexibility index (Phi) is 4.16. The van der Waals surface area contributed by atoms with Gasteiger partial charge in [-0.25, -0.2) is 12.4 Å². The van der Waals surface area contributed by atoms with Crippen LogP contribution in [0.3, 0.4) is 0 Å². The molecular weight excluding hydrogens is 350 g/mol. The molecule has 7 heteroatoms. The van der Waals surface area contributed by atoms with Crippen LogP contribution in [0.2, 0.25) is 0 Å². The number of amides is 1. The Labute approximate surface area is 153 Å². The third kappa shape index (κ3) is 2.85. The van der Waals surface area contributed by atoms with Gasteiger partial charge in [-0.3, -0.25) is 4.79 Å². The molecule has 0 bridgehead atoms. The van der Waals surface area contributed by atoms with Crippen LogP contribution in [-0.4, -0.2) is 42.3 Å². The van der Waals surface area contributed by atoms with E-state index in [-0.39, 0.29) is 16.8 Å². The minimum atomic E-state index is -3.69. The SMILES string of the molecule is Cc1ccc(S(=O)(=O)n2ccc(C(=O)N3CC4CCC(N)C4C3)c2)cc1. The fourth-order valence-electron chi connectivity index (χ4n) is 4.14. The van der Waals surface area contributed by atoms with Crippen molar-refractivity contribution in [3.63, 3.8) is 0 Å². The first-order valence-electron chi connectivity index (χ1n) is 8.91. The zero-order valence-corrected chi connectivity index (χ0v) is 15.5. The van der Waals surface area contributed by atoms with Gasteiger partial charge in [-0.2, -0.15) is 0 Å². The fraction of sp³-hybridized carbons (Fsp3) is 0.421. The third-order valence-electron chi connectivity index (χ3n) is 5.71. The fourth-order valence-corrected chi connectivity index (χ4v) is 5.34. The Balaban J connectivity index is 1.54. The van der Waals surface area contributed by atoms with Gasteiger partial charge < -0.3 is 10.6 Å². The molecule has 4 rings (SSSR count). The number of nitrogens with zero attached hydrogens (tertiary/aromatic N) is 2. The molecule has 138 valence electrons. The van der Waals surface area contributed by atoms with Crippen molar-refractivity contribution in [2.24, 2.45) is 17.6 Å².